The Morgan fingerprint density at radius 1 is 1.15 bits per heavy atom. The van der Waals surface area contributed by atoms with E-state index in [1.807, 2.05) is 30.3 Å². The lowest BCUT2D eigenvalue weighted by Gasteiger charge is -2.21. The van der Waals surface area contributed by atoms with Gasteiger partial charge in [-0.2, -0.15) is 18.4 Å². The van der Waals surface area contributed by atoms with Crippen molar-refractivity contribution in [2.45, 2.75) is 23.6 Å². The van der Waals surface area contributed by atoms with E-state index in [9.17, 15) is 18.3 Å². The van der Waals surface area contributed by atoms with Crippen LogP contribution in [0.2, 0.25) is 0 Å². The molecule has 2 aromatic carbocycles. The van der Waals surface area contributed by atoms with E-state index < -0.39 is 22.9 Å². The van der Waals surface area contributed by atoms with Gasteiger partial charge < -0.3 is 10.1 Å². The van der Waals surface area contributed by atoms with Crippen LogP contribution in [0.25, 0.3) is 10.9 Å². The lowest BCUT2D eigenvalue weighted by molar-refractivity contribution is -0.137. The van der Waals surface area contributed by atoms with Gasteiger partial charge in [-0.3, -0.25) is 0 Å². The summed E-state index contributed by atoms with van der Waals surface area (Å²) in [5.41, 5.74) is -2.06. The van der Waals surface area contributed by atoms with Crippen LogP contribution in [-0.2, 0) is 11.8 Å². The van der Waals surface area contributed by atoms with Gasteiger partial charge in [0.25, 0.3) is 0 Å². The fourth-order valence-corrected chi connectivity index (χ4v) is 3.57. The van der Waals surface area contributed by atoms with Gasteiger partial charge in [0.05, 0.1) is 17.2 Å². The third-order valence-corrected chi connectivity index (χ3v) is 5.34. The fourth-order valence-electron chi connectivity index (χ4n) is 2.62. The van der Waals surface area contributed by atoms with Crippen molar-refractivity contribution in [3.05, 3.63) is 65.4 Å². The van der Waals surface area contributed by atoms with Crippen LogP contribution in [0.5, 0.6) is 0 Å². The normalized spacial score (nSPS) is 14.2. The topological polar surface area (TPSA) is 59.8 Å². The number of hydrogen-bond donors (Lipinski definition) is 2. The molecule has 1 heterocycles. The van der Waals surface area contributed by atoms with E-state index in [4.69, 9.17) is 5.26 Å². The summed E-state index contributed by atoms with van der Waals surface area (Å²) in [4.78, 5) is 3.84. The Balaban J connectivity index is 1.94. The summed E-state index contributed by atoms with van der Waals surface area (Å²) in [6.45, 7) is 1.60. The molecule has 1 aromatic heterocycles. The molecule has 2 N–H and O–H groups in total. The monoisotopic (exact) mass is 376 g/mol. The summed E-state index contributed by atoms with van der Waals surface area (Å²) >= 11 is 1.44. The van der Waals surface area contributed by atoms with E-state index in [0.717, 1.165) is 11.0 Å². The number of nitrogens with zero attached hydrogens (tertiary/aromatic N) is 1. The Morgan fingerprint density at radius 2 is 1.85 bits per heavy atom. The first kappa shape index (κ1) is 18.4. The molecule has 7 heteroatoms. The van der Waals surface area contributed by atoms with E-state index in [-0.39, 0.29) is 5.52 Å². The molecule has 1 atom stereocenters. The molecule has 0 spiro atoms. The van der Waals surface area contributed by atoms with Crippen molar-refractivity contribution in [3.63, 3.8) is 0 Å². The van der Waals surface area contributed by atoms with E-state index in [1.54, 1.807) is 19.1 Å². The van der Waals surface area contributed by atoms with Crippen molar-refractivity contribution in [3.8, 4) is 6.07 Å². The number of thioether (sulfide) groups is 1. The minimum atomic E-state index is -4.61. The predicted octanol–water partition coefficient (Wildman–Crippen LogP) is 5.06. The quantitative estimate of drug-likeness (QED) is 0.626. The van der Waals surface area contributed by atoms with E-state index in [2.05, 4.69) is 4.98 Å². The number of fused-ring (bicyclic) bond motifs is 1. The smallest absolute Gasteiger partial charge is 0.383 e. The zero-order valence-electron chi connectivity index (χ0n) is 13.8. The predicted molar refractivity (Wildman–Crippen MR) is 94.8 cm³/mol. The largest absolute Gasteiger partial charge is 0.417 e. The van der Waals surface area contributed by atoms with Gasteiger partial charge in [-0.25, -0.2) is 0 Å². The molecule has 1 unspecified atom stereocenters. The first-order chi connectivity index (χ1) is 12.2. The van der Waals surface area contributed by atoms with Crippen molar-refractivity contribution in [1.82, 2.24) is 4.98 Å². The zero-order chi connectivity index (χ0) is 18.9. The van der Waals surface area contributed by atoms with Gasteiger partial charge in [-0.15, -0.1) is 11.8 Å². The second-order valence-corrected chi connectivity index (χ2v) is 7.20. The third kappa shape index (κ3) is 3.71. The highest BCUT2D eigenvalue weighted by molar-refractivity contribution is 7.99. The Kier molecular flexibility index (Phi) is 4.74. The Labute approximate surface area is 152 Å². The molecule has 0 saturated heterocycles. The van der Waals surface area contributed by atoms with Crippen LogP contribution in [0.3, 0.4) is 0 Å². The number of aromatic nitrogens is 1. The molecular formula is C19H15F3N2OS. The van der Waals surface area contributed by atoms with Gasteiger partial charge in [-0.05, 0) is 37.3 Å². The number of halogens is 3. The molecule has 0 saturated carbocycles. The standard InChI is InChI=1S/C19H15F3N2OS/c1-18(25,11-26-14-5-3-2-4-6-14)17-8-12-7-13(10-23)15(19(20,21)22)9-16(12)24-17/h2-9,24-25H,11H2,1H3. The van der Waals surface area contributed by atoms with E-state index in [0.29, 0.717) is 16.8 Å². The maximum atomic E-state index is 13.1. The van der Waals surface area contributed by atoms with Crippen LogP contribution in [0.15, 0.2) is 53.4 Å². The second-order valence-electron chi connectivity index (χ2n) is 6.15. The summed E-state index contributed by atoms with van der Waals surface area (Å²) in [7, 11) is 0. The lowest BCUT2D eigenvalue weighted by Crippen LogP contribution is -2.24. The maximum Gasteiger partial charge on any atom is 0.417 e. The zero-order valence-corrected chi connectivity index (χ0v) is 14.6. The highest BCUT2D eigenvalue weighted by Crippen LogP contribution is 2.36. The average molecular weight is 376 g/mol. The van der Waals surface area contributed by atoms with E-state index in [1.165, 1.54) is 17.8 Å². The number of alkyl halides is 3. The Bertz CT molecular complexity index is 972. The van der Waals surface area contributed by atoms with Crippen LogP contribution in [0.4, 0.5) is 13.2 Å². The molecule has 3 nitrogen and oxygen atoms in total. The molecule has 0 bridgehead atoms. The maximum absolute atomic E-state index is 13.1. The van der Waals surface area contributed by atoms with E-state index >= 15 is 0 Å². The summed E-state index contributed by atoms with van der Waals surface area (Å²) in [6.07, 6.45) is -4.61. The molecule has 0 fully saturated rings. The first-order valence-corrected chi connectivity index (χ1v) is 8.74. The van der Waals surface area contributed by atoms with Crippen LogP contribution in [0, 0.1) is 11.3 Å². The highest BCUT2D eigenvalue weighted by atomic mass is 32.2. The SMILES string of the molecule is CC(O)(CSc1ccccc1)c1cc2cc(C#N)c(C(F)(F)F)cc2[nH]1. The second kappa shape index (κ2) is 6.71. The molecule has 0 radical (unpaired) electrons. The lowest BCUT2D eigenvalue weighted by atomic mass is 10.0. The average Bonchev–Trinajstić information content (AvgIpc) is 3.03. The van der Waals surface area contributed by atoms with Crippen molar-refractivity contribution >= 4 is 22.7 Å². The van der Waals surface area contributed by atoms with Crippen LogP contribution in [0.1, 0.15) is 23.7 Å². The van der Waals surface area contributed by atoms with Gasteiger partial charge in [-0.1, -0.05) is 18.2 Å². The van der Waals surface area contributed by atoms with Gasteiger partial charge in [0.15, 0.2) is 0 Å². The summed E-state index contributed by atoms with van der Waals surface area (Å²) in [6, 6.07) is 14.8. The Hall–Kier alpha value is -2.43. The number of aliphatic hydroxyl groups is 1. The number of hydrogen-bond acceptors (Lipinski definition) is 3. The molecule has 0 amide bonds. The molecule has 0 aliphatic rings. The minimum absolute atomic E-state index is 0.233. The number of H-pyrrole nitrogens is 1. The first-order valence-electron chi connectivity index (χ1n) is 7.75. The van der Waals surface area contributed by atoms with Crippen LogP contribution in [-0.4, -0.2) is 15.8 Å². The minimum Gasteiger partial charge on any atom is -0.383 e. The van der Waals surface area contributed by atoms with Crippen molar-refractivity contribution in [2.24, 2.45) is 0 Å². The molecule has 3 rings (SSSR count). The van der Waals surface area contributed by atoms with Gasteiger partial charge in [0, 0.05) is 27.2 Å². The highest BCUT2D eigenvalue weighted by Gasteiger charge is 2.34. The molecule has 3 aromatic rings. The van der Waals surface area contributed by atoms with Crippen LogP contribution >= 0.6 is 11.8 Å². The molecular weight excluding hydrogens is 361 g/mol. The van der Waals surface area contributed by atoms with Crippen molar-refractivity contribution < 1.29 is 18.3 Å². The molecule has 0 aliphatic carbocycles. The number of benzene rings is 2. The van der Waals surface area contributed by atoms with Crippen LogP contribution < -0.4 is 0 Å². The summed E-state index contributed by atoms with van der Waals surface area (Å²) in [5.74, 6) is 0.321. The van der Waals surface area contributed by atoms with Crippen molar-refractivity contribution in [2.75, 3.05) is 5.75 Å². The fraction of sp³-hybridized carbons (Fsp3) is 0.211. The van der Waals surface area contributed by atoms with Gasteiger partial charge >= 0.3 is 6.18 Å². The van der Waals surface area contributed by atoms with Gasteiger partial charge in [0.2, 0.25) is 0 Å². The third-order valence-electron chi connectivity index (χ3n) is 4.03. The molecule has 134 valence electrons. The number of rotatable bonds is 4. The van der Waals surface area contributed by atoms with Gasteiger partial charge in [0.1, 0.15) is 5.60 Å². The molecule has 0 aliphatic heterocycles. The Morgan fingerprint density at radius 3 is 2.46 bits per heavy atom. The molecule has 26 heavy (non-hydrogen) atoms. The number of nitriles is 1. The number of nitrogens with one attached hydrogen (secondary N) is 1. The summed E-state index contributed by atoms with van der Waals surface area (Å²) in [5, 5.41) is 20.2. The summed E-state index contributed by atoms with van der Waals surface area (Å²) < 4.78 is 39.3. The number of aromatic amines is 1. The van der Waals surface area contributed by atoms with Crippen molar-refractivity contribution in [1.29, 1.82) is 5.26 Å².